The molecule has 0 aliphatic rings. The molecule has 2 aromatic heterocycles. The summed E-state index contributed by atoms with van der Waals surface area (Å²) in [5, 5.41) is 10.3. The zero-order valence-electron chi connectivity index (χ0n) is 18.2. The first-order chi connectivity index (χ1) is 14.9. The fraction of sp³-hybridized carbons (Fsp3) is 0.348. The molecule has 8 nitrogen and oxygen atoms in total. The molecule has 31 heavy (non-hydrogen) atoms. The number of nitrogens with zero attached hydrogens (tertiary/aromatic N) is 4. The first kappa shape index (κ1) is 22.5. The highest BCUT2D eigenvalue weighted by molar-refractivity contribution is 5.28. The summed E-state index contributed by atoms with van der Waals surface area (Å²) in [5.74, 6) is 0.700. The van der Waals surface area contributed by atoms with Gasteiger partial charge in [-0.1, -0.05) is 18.2 Å². The quantitative estimate of drug-likeness (QED) is 0.511. The fourth-order valence-corrected chi connectivity index (χ4v) is 3.06. The number of aliphatic hydroxyl groups excluding tert-OH is 1. The Kier molecular flexibility index (Phi) is 7.75. The van der Waals surface area contributed by atoms with Gasteiger partial charge >= 0.3 is 0 Å². The van der Waals surface area contributed by atoms with E-state index in [0.29, 0.717) is 17.7 Å². The van der Waals surface area contributed by atoms with Gasteiger partial charge in [-0.25, -0.2) is 9.66 Å². The number of pyridine rings is 1. The number of hydrogen-bond donors (Lipinski definition) is 2. The van der Waals surface area contributed by atoms with Crippen LogP contribution in [0.1, 0.15) is 22.4 Å². The first-order valence-electron chi connectivity index (χ1n) is 10.2. The summed E-state index contributed by atoms with van der Waals surface area (Å²) in [6.45, 7) is 2.98. The van der Waals surface area contributed by atoms with E-state index in [4.69, 9.17) is 4.74 Å². The van der Waals surface area contributed by atoms with Crippen molar-refractivity contribution in [3.63, 3.8) is 0 Å². The smallest absolute Gasteiger partial charge is 0.275 e. The van der Waals surface area contributed by atoms with E-state index in [1.54, 1.807) is 12.4 Å². The van der Waals surface area contributed by atoms with Crippen molar-refractivity contribution in [2.45, 2.75) is 26.0 Å². The minimum atomic E-state index is -0.797. The van der Waals surface area contributed by atoms with E-state index >= 15 is 0 Å². The van der Waals surface area contributed by atoms with Crippen molar-refractivity contribution in [2.75, 3.05) is 32.7 Å². The van der Waals surface area contributed by atoms with Gasteiger partial charge in [0.25, 0.3) is 5.56 Å². The lowest BCUT2D eigenvalue weighted by Gasteiger charge is -2.16. The third kappa shape index (κ3) is 6.91. The number of benzene rings is 1. The molecule has 0 aliphatic carbocycles. The highest BCUT2D eigenvalue weighted by atomic mass is 16.5. The predicted molar refractivity (Wildman–Crippen MR) is 120 cm³/mol. The van der Waals surface area contributed by atoms with Crippen LogP contribution in [-0.4, -0.2) is 58.0 Å². The average molecular weight is 424 g/mol. The number of aryl methyl sites for hydroxylation is 1. The number of aliphatic hydroxyl groups is 1. The van der Waals surface area contributed by atoms with Crippen LogP contribution in [0.25, 0.3) is 0 Å². The topological polar surface area (TPSA) is 92.5 Å². The van der Waals surface area contributed by atoms with Gasteiger partial charge < -0.3 is 20.2 Å². The van der Waals surface area contributed by atoms with E-state index in [-0.39, 0.29) is 18.7 Å². The molecule has 2 N–H and O–H groups in total. The van der Waals surface area contributed by atoms with Crippen molar-refractivity contribution in [1.29, 1.82) is 0 Å². The molecule has 0 aliphatic heterocycles. The van der Waals surface area contributed by atoms with Gasteiger partial charge in [-0.2, -0.15) is 0 Å². The molecule has 3 aromatic rings. The molecule has 0 saturated heterocycles. The summed E-state index contributed by atoms with van der Waals surface area (Å²) in [5.41, 5.74) is 6.24. The summed E-state index contributed by atoms with van der Waals surface area (Å²) in [4.78, 5) is 23.1. The molecule has 2 heterocycles. The van der Waals surface area contributed by atoms with Crippen LogP contribution >= 0.6 is 0 Å². The standard InChI is InChI=1S/C23H29N5O3/c1-17-7-8-18(11-25-17)9-20-12-24-16-28(23(20)30)26-13-21(29)15-31-22-6-4-5-19(10-22)14-27(2)3/h4-8,10-12,16,21,26,29H,9,13-15H2,1-3H3. The Balaban J connectivity index is 1.54. The largest absolute Gasteiger partial charge is 0.491 e. The predicted octanol–water partition coefficient (Wildman–Crippen LogP) is 1.58. The molecule has 164 valence electrons. The van der Waals surface area contributed by atoms with Gasteiger partial charge in [-0.15, -0.1) is 0 Å². The lowest BCUT2D eigenvalue weighted by atomic mass is 10.1. The zero-order chi connectivity index (χ0) is 22.2. The Hall–Kier alpha value is -3.23. The molecule has 0 radical (unpaired) electrons. The third-order valence-electron chi connectivity index (χ3n) is 4.61. The number of rotatable bonds is 10. The zero-order valence-corrected chi connectivity index (χ0v) is 18.2. The second kappa shape index (κ2) is 10.7. The highest BCUT2D eigenvalue weighted by Gasteiger charge is 2.09. The number of hydrogen-bond acceptors (Lipinski definition) is 7. The van der Waals surface area contributed by atoms with Gasteiger partial charge in [-0.05, 0) is 50.3 Å². The van der Waals surface area contributed by atoms with Gasteiger partial charge in [0.15, 0.2) is 0 Å². The van der Waals surface area contributed by atoms with E-state index in [1.165, 1.54) is 11.0 Å². The minimum Gasteiger partial charge on any atom is -0.491 e. The van der Waals surface area contributed by atoms with E-state index in [9.17, 15) is 9.90 Å². The van der Waals surface area contributed by atoms with E-state index in [0.717, 1.165) is 23.4 Å². The Morgan fingerprint density at radius 2 is 2.03 bits per heavy atom. The Labute approximate surface area is 182 Å². The van der Waals surface area contributed by atoms with Crippen LogP contribution in [-0.2, 0) is 13.0 Å². The van der Waals surface area contributed by atoms with Gasteiger partial charge in [0.05, 0.1) is 6.54 Å². The SMILES string of the molecule is Cc1ccc(Cc2cncn(NCC(O)COc3cccc(CN(C)C)c3)c2=O)cn1. The third-order valence-corrected chi connectivity index (χ3v) is 4.61. The molecule has 1 unspecified atom stereocenters. The summed E-state index contributed by atoms with van der Waals surface area (Å²) in [7, 11) is 4.01. The van der Waals surface area contributed by atoms with Gasteiger partial charge in [-0.3, -0.25) is 9.78 Å². The second-order valence-electron chi connectivity index (χ2n) is 7.79. The molecule has 8 heteroatoms. The van der Waals surface area contributed by atoms with Crippen molar-refractivity contribution in [2.24, 2.45) is 0 Å². The van der Waals surface area contributed by atoms with Crippen LogP contribution in [0.2, 0.25) is 0 Å². The van der Waals surface area contributed by atoms with Crippen LogP contribution in [0, 0.1) is 6.92 Å². The molecular formula is C23H29N5O3. The van der Waals surface area contributed by atoms with Crippen molar-refractivity contribution in [1.82, 2.24) is 19.5 Å². The number of ether oxygens (including phenoxy) is 1. The van der Waals surface area contributed by atoms with Crippen molar-refractivity contribution in [3.05, 3.63) is 87.9 Å². The van der Waals surface area contributed by atoms with Gasteiger partial charge in [0.1, 0.15) is 24.8 Å². The van der Waals surface area contributed by atoms with Gasteiger partial charge in [0.2, 0.25) is 0 Å². The van der Waals surface area contributed by atoms with Crippen molar-refractivity contribution >= 4 is 0 Å². The summed E-state index contributed by atoms with van der Waals surface area (Å²) < 4.78 is 6.99. The summed E-state index contributed by atoms with van der Waals surface area (Å²) in [6.07, 6.45) is 4.36. The molecule has 1 aromatic carbocycles. The maximum atomic E-state index is 12.7. The van der Waals surface area contributed by atoms with E-state index < -0.39 is 6.10 Å². The highest BCUT2D eigenvalue weighted by Crippen LogP contribution is 2.14. The van der Waals surface area contributed by atoms with Crippen molar-refractivity contribution in [3.8, 4) is 5.75 Å². The second-order valence-corrected chi connectivity index (χ2v) is 7.79. The molecule has 0 fully saturated rings. The first-order valence-corrected chi connectivity index (χ1v) is 10.2. The maximum Gasteiger partial charge on any atom is 0.275 e. The Morgan fingerprint density at radius 1 is 1.19 bits per heavy atom. The Bertz CT molecular complexity index is 1030. The lowest BCUT2D eigenvalue weighted by molar-refractivity contribution is 0.115. The normalized spacial score (nSPS) is 12.0. The van der Waals surface area contributed by atoms with Crippen LogP contribution in [0.4, 0.5) is 0 Å². The van der Waals surface area contributed by atoms with Crippen LogP contribution < -0.4 is 15.7 Å². The lowest BCUT2D eigenvalue weighted by Crippen LogP contribution is -2.37. The molecule has 1 atom stereocenters. The van der Waals surface area contributed by atoms with E-state index in [1.807, 2.05) is 57.4 Å². The fourth-order valence-electron chi connectivity index (χ4n) is 3.06. The van der Waals surface area contributed by atoms with Crippen LogP contribution in [0.5, 0.6) is 5.75 Å². The molecule has 0 saturated carbocycles. The maximum absolute atomic E-state index is 12.7. The summed E-state index contributed by atoms with van der Waals surface area (Å²) >= 11 is 0. The number of nitrogens with one attached hydrogen (secondary N) is 1. The van der Waals surface area contributed by atoms with Crippen LogP contribution in [0.15, 0.2) is 59.9 Å². The van der Waals surface area contributed by atoms with Crippen LogP contribution in [0.3, 0.4) is 0 Å². The van der Waals surface area contributed by atoms with Crippen molar-refractivity contribution < 1.29 is 9.84 Å². The average Bonchev–Trinajstić information content (AvgIpc) is 2.74. The number of aromatic nitrogens is 3. The molecule has 0 spiro atoms. The Morgan fingerprint density at radius 3 is 2.77 bits per heavy atom. The minimum absolute atomic E-state index is 0.106. The molecular weight excluding hydrogens is 394 g/mol. The molecule has 0 amide bonds. The van der Waals surface area contributed by atoms with Gasteiger partial charge in [0, 0.05) is 36.6 Å². The summed E-state index contributed by atoms with van der Waals surface area (Å²) in [6, 6.07) is 11.6. The molecule has 0 bridgehead atoms. The van der Waals surface area contributed by atoms with E-state index in [2.05, 4.69) is 20.3 Å². The molecule has 3 rings (SSSR count). The monoisotopic (exact) mass is 423 g/mol.